The average molecular weight is 314 g/mol. The third-order valence-electron chi connectivity index (χ3n) is 2.67. The molecule has 2 aromatic rings. The van der Waals surface area contributed by atoms with Gasteiger partial charge in [-0.15, -0.1) is 11.3 Å². The van der Waals surface area contributed by atoms with Gasteiger partial charge in [0.2, 0.25) is 0 Å². The fraction of sp³-hybridized carbons (Fsp3) is 0.214. The van der Waals surface area contributed by atoms with Crippen LogP contribution in [-0.2, 0) is 10.8 Å². The molecule has 0 bridgehead atoms. The molecule has 0 amide bonds. The first-order chi connectivity index (χ1) is 9.58. The summed E-state index contributed by atoms with van der Waals surface area (Å²) in [5.41, 5.74) is 0. The molecule has 0 aliphatic carbocycles. The van der Waals surface area contributed by atoms with Crippen molar-refractivity contribution in [3.63, 3.8) is 0 Å². The second-order valence-corrected chi connectivity index (χ2v) is 6.62. The number of halogens is 2. The SMILES string of the molecule is O=C(CCCS(=O)c1ccc(F)cc1F)c1cccs1. The number of ketones is 1. The molecule has 0 fully saturated rings. The Bertz CT molecular complexity index is 624. The Morgan fingerprint density at radius 1 is 1.25 bits per heavy atom. The van der Waals surface area contributed by atoms with E-state index < -0.39 is 22.4 Å². The first kappa shape index (κ1) is 15.0. The fourth-order valence-corrected chi connectivity index (χ4v) is 3.51. The quantitative estimate of drug-likeness (QED) is 0.760. The summed E-state index contributed by atoms with van der Waals surface area (Å²) in [6.45, 7) is 0. The average Bonchev–Trinajstić information content (AvgIpc) is 2.92. The fourth-order valence-electron chi connectivity index (χ4n) is 1.69. The maximum Gasteiger partial charge on any atom is 0.172 e. The maximum atomic E-state index is 13.4. The van der Waals surface area contributed by atoms with Gasteiger partial charge >= 0.3 is 0 Å². The van der Waals surface area contributed by atoms with E-state index in [1.165, 1.54) is 17.4 Å². The van der Waals surface area contributed by atoms with Crippen LogP contribution in [0.15, 0.2) is 40.6 Å². The lowest BCUT2D eigenvalue weighted by atomic mass is 10.2. The largest absolute Gasteiger partial charge is 0.293 e. The van der Waals surface area contributed by atoms with Gasteiger partial charge in [0.15, 0.2) is 5.78 Å². The number of carbonyl (C=O) groups is 1. The molecule has 2 nitrogen and oxygen atoms in total. The highest BCUT2D eigenvalue weighted by Gasteiger charge is 2.12. The Hall–Kier alpha value is -1.40. The Kier molecular flexibility index (Phi) is 5.14. The monoisotopic (exact) mass is 314 g/mol. The van der Waals surface area contributed by atoms with E-state index in [4.69, 9.17) is 0 Å². The summed E-state index contributed by atoms with van der Waals surface area (Å²) >= 11 is 1.36. The van der Waals surface area contributed by atoms with Crippen LogP contribution < -0.4 is 0 Å². The Morgan fingerprint density at radius 2 is 2.05 bits per heavy atom. The van der Waals surface area contributed by atoms with Crippen LogP contribution in [0.25, 0.3) is 0 Å². The van der Waals surface area contributed by atoms with Crippen LogP contribution in [0.4, 0.5) is 8.78 Å². The summed E-state index contributed by atoms with van der Waals surface area (Å²) in [5, 5.41) is 1.82. The van der Waals surface area contributed by atoms with Crippen LogP contribution in [0.2, 0.25) is 0 Å². The molecule has 0 saturated carbocycles. The molecule has 2 rings (SSSR count). The van der Waals surface area contributed by atoms with Gasteiger partial charge in [-0.3, -0.25) is 9.00 Å². The van der Waals surface area contributed by atoms with Gasteiger partial charge in [-0.1, -0.05) is 6.07 Å². The number of carbonyl (C=O) groups excluding carboxylic acids is 1. The number of hydrogen-bond acceptors (Lipinski definition) is 3. The minimum atomic E-state index is -1.56. The highest BCUT2D eigenvalue weighted by atomic mass is 32.2. The normalized spacial score (nSPS) is 12.3. The van der Waals surface area contributed by atoms with Gasteiger partial charge in [-0.05, 0) is 30.0 Å². The van der Waals surface area contributed by atoms with Crippen molar-refractivity contribution in [2.75, 3.05) is 5.75 Å². The third-order valence-corrected chi connectivity index (χ3v) is 5.06. The zero-order chi connectivity index (χ0) is 14.5. The zero-order valence-corrected chi connectivity index (χ0v) is 12.1. The zero-order valence-electron chi connectivity index (χ0n) is 10.5. The summed E-state index contributed by atoms with van der Waals surface area (Å²) in [5.74, 6) is -1.33. The van der Waals surface area contributed by atoms with Gasteiger partial charge in [0.25, 0.3) is 0 Å². The second-order valence-electron chi connectivity index (χ2n) is 4.13. The minimum Gasteiger partial charge on any atom is -0.293 e. The third kappa shape index (κ3) is 3.80. The molecule has 0 radical (unpaired) electrons. The first-order valence-corrected chi connectivity index (χ1v) is 8.18. The van der Waals surface area contributed by atoms with Crippen molar-refractivity contribution in [3.05, 3.63) is 52.2 Å². The molecule has 6 heteroatoms. The molecule has 1 atom stereocenters. The predicted octanol–water partition coefficient (Wildman–Crippen LogP) is 3.80. The topological polar surface area (TPSA) is 34.1 Å². The molecular weight excluding hydrogens is 302 g/mol. The summed E-state index contributed by atoms with van der Waals surface area (Å²) in [4.78, 5) is 12.4. The van der Waals surface area contributed by atoms with Crippen LogP contribution in [0.1, 0.15) is 22.5 Å². The van der Waals surface area contributed by atoms with Crippen LogP contribution >= 0.6 is 11.3 Å². The van der Waals surface area contributed by atoms with Crippen LogP contribution in [-0.4, -0.2) is 15.7 Å². The van der Waals surface area contributed by atoms with Crippen molar-refractivity contribution in [1.82, 2.24) is 0 Å². The number of hydrogen-bond donors (Lipinski definition) is 0. The van der Waals surface area contributed by atoms with Crippen molar-refractivity contribution in [1.29, 1.82) is 0 Å². The summed E-state index contributed by atoms with van der Waals surface area (Å²) < 4.78 is 38.0. The minimum absolute atomic E-state index is 0.00317. The molecule has 0 N–H and O–H groups in total. The lowest BCUT2D eigenvalue weighted by Gasteiger charge is -2.03. The van der Waals surface area contributed by atoms with Gasteiger partial charge in [-0.2, -0.15) is 0 Å². The molecule has 20 heavy (non-hydrogen) atoms. The Morgan fingerprint density at radius 3 is 2.70 bits per heavy atom. The van der Waals surface area contributed by atoms with E-state index in [1.807, 2.05) is 5.38 Å². The van der Waals surface area contributed by atoms with Gasteiger partial charge in [0.05, 0.1) is 20.6 Å². The van der Waals surface area contributed by atoms with E-state index in [1.54, 1.807) is 12.1 Å². The lowest BCUT2D eigenvalue weighted by molar-refractivity contribution is 0.0986. The highest BCUT2D eigenvalue weighted by molar-refractivity contribution is 7.85. The molecule has 0 spiro atoms. The van der Waals surface area contributed by atoms with E-state index in [0.717, 1.165) is 6.07 Å². The smallest absolute Gasteiger partial charge is 0.172 e. The number of rotatable bonds is 6. The van der Waals surface area contributed by atoms with Crippen molar-refractivity contribution >= 4 is 27.9 Å². The summed E-state index contributed by atoms with van der Waals surface area (Å²) in [6, 6.07) is 6.51. The van der Waals surface area contributed by atoms with Crippen molar-refractivity contribution in [2.24, 2.45) is 0 Å². The van der Waals surface area contributed by atoms with Gasteiger partial charge in [0.1, 0.15) is 11.6 Å². The predicted molar refractivity (Wildman–Crippen MR) is 75.5 cm³/mol. The molecule has 1 aromatic carbocycles. The molecule has 0 saturated heterocycles. The van der Waals surface area contributed by atoms with Crippen molar-refractivity contribution < 1.29 is 17.8 Å². The molecule has 106 valence electrons. The van der Waals surface area contributed by atoms with E-state index in [2.05, 4.69) is 0 Å². The van der Waals surface area contributed by atoms with E-state index in [-0.39, 0.29) is 22.9 Å². The maximum absolute atomic E-state index is 13.4. The molecular formula is C14H12F2O2S2. The van der Waals surface area contributed by atoms with Crippen LogP contribution in [0.5, 0.6) is 0 Å². The lowest BCUT2D eigenvalue weighted by Crippen LogP contribution is -2.04. The van der Waals surface area contributed by atoms with E-state index in [0.29, 0.717) is 17.4 Å². The molecule has 0 aliphatic rings. The molecule has 1 heterocycles. The van der Waals surface area contributed by atoms with Gasteiger partial charge < -0.3 is 0 Å². The highest BCUT2D eigenvalue weighted by Crippen LogP contribution is 2.16. The number of thiophene rings is 1. The van der Waals surface area contributed by atoms with E-state index in [9.17, 15) is 17.8 Å². The van der Waals surface area contributed by atoms with Gasteiger partial charge in [0, 0.05) is 18.2 Å². The first-order valence-electron chi connectivity index (χ1n) is 5.98. The summed E-state index contributed by atoms with van der Waals surface area (Å²) in [7, 11) is -1.56. The summed E-state index contributed by atoms with van der Waals surface area (Å²) in [6.07, 6.45) is 0.676. The second kappa shape index (κ2) is 6.85. The van der Waals surface area contributed by atoms with E-state index >= 15 is 0 Å². The van der Waals surface area contributed by atoms with Crippen molar-refractivity contribution in [2.45, 2.75) is 17.7 Å². The molecule has 0 aliphatic heterocycles. The Balaban J connectivity index is 1.88. The number of benzene rings is 1. The van der Waals surface area contributed by atoms with Crippen LogP contribution in [0.3, 0.4) is 0 Å². The van der Waals surface area contributed by atoms with Crippen LogP contribution in [0, 0.1) is 11.6 Å². The molecule has 1 aromatic heterocycles. The molecule has 1 unspecified atom stereocenters. The Labute approximate surface area is 121 Å². The standard InChI is InChI=1S/C14H12F2O2S2/c15-10-5-6-14(11(16)9-10)20(18)8-2-3-12(17)13-4-1-7-19-13/h1,4-7,9H,2-3,8H2. The van der Waals surface area contributed by atoms with Crippen molar-refractivity contribution in [3.8, 4) is 0 Å². The number of Topliss-reactive ketones (excluding diaryl/α,β-unsaturated/α-hetero) is 1. The van der Waals surface area contributed by atoms with Gasteiger partial charge in [-0.25, -0.2) is 8.78 Å².